The Morgan fingerprint density at radius 2 is 1.03 bits per heavy atom. The van der Waals surface area contributed by atoms with E-state index >= 15 is 0 Å². The number of fused-ring (bicyclic) bond motifs is 9. The smallest absolute Gasteiger partial charge is 0.256 e. The topological polar surface area (TPSA) is 19.6 Å². The number of hydrogen-bond acceptors (Lipinski definition) is 3. The number of nitrogens with zero attached hydrogens (tertiary/aromatic N) is 2. The Balaban J connectivity index is 1.24. The number of furan rings is 1. The molecular weight excluding hydrogens is 836 g/mol. The van der Waals surface area contributed by atoms with Gasteiger partial charge in [-0.2, -0.15) is 0 Å². The molecule has 0 saturated heterocycles. The molecule has 5 aromatic carbocycles. The van der Waals surface area contributed by atoms with Crippen LogP contribution in [-0.2, 0) is 32.5 Å². The lowest BCUT2D eigenvalue weighted by molar-refractivity contribution is 0.280. The largest absolute Gasteiger partial charge is 0.444 e. The molecule has 69 heavy (non-hydrogen) atoms. The van der Waals surface area contributed by atoms with E-state index < -0.39 is 0 Å². The fourth-order valence-electron chi connectivity index (χ4n) is 14.6. The Bertz CT molecular complexity index is 3140. The second kappa shape index (κ2) is 14.6. The average Bonchev–Trinajstić information content (AvgIpc) is 3.72. The summed E-state index contributed by atoms with van der Waals surface area (Å²) in [4.78, 5) is 5.37. The molecule has 3 nitrogen and oxygen atoms in total. The fourth-order valence-corrected chi connectivity index (χ4v) is 14.6. The molecule has 356 valence electrons. The van der Waals surface area contributed by atoms with Crippen molar-refractivity contribution in [3.63, 3.8) is 0 Å². The average molecular weight is 913 g/mol. The van der Waals surface area contributed by atoms with Crippen LogP contribution in [0.5, 0.6) is 0 Å². The van der Waals surface area contributed by atoms with E-state index in [1.54, 1.807) is 5.56 Å². The second-order valence-corrected chi connectivity index (χ2v) is 27.1. The minimum atomic E-state index is -0.0989. The minimum Gasteiger partial charge on any atom is -0.444 e. The zero-order valence-electron chi connectivity index (χ0n) is 44.8. The number of aryl methyl sites for hydroxylation is 1. The molecule has 2 atom stereocenters. The van der Waals surface area contributed by atoms with Crippen LogP contribution >= 0.6 is 0 Å². The normalized spacial score (nSPS) is 23.4. The van der Waals surface area contributed by atoms with Crippen molar-refractivity contribution in [3.05, 3.63) is 135 Å². The summed E-state index contributed by atoms with van der Waals surface area (Å²) in [7, 11) is 0. The van der Waals surface area contributed by atoms with Gasteiger partial charge in [-0.15, -0.1) is 0 Å². The van der Waals surface area contributed by atoms with Crippen molar-refractivity contribution < 1.29 is 4.42 Å². The van der Waals surface area contributed by atoms with Crippen LogP contribution in [0.15, 0.2) is 89.3 Å². The lowest BCUT2D eigenvalue weighted by Gasteiger charge is -2.47. The molecule has 4 aliphatic carbocycles. The quantitative estimate of drug-likeness (QED) is 0.165. The SMILES string of the molecule is Cc1cc2c3c(c1)N(c1ccc4c(c1)C(C)(C)CCC4(C)C)c1oc4c(c1B3c1cc3c(cc1N2c1cc2c(cc1-c1ccccc1)C(C)(C)CCC2(C)C)C(C)CCC3C)C(C)(C)CCC4(C)C. The first kappa shape index (κ1) is 45.2. The van der Waals surface area contributed by atoms with Crippen molar-refractivity contribution in [2.75, 3.05) is 9.80 Å². The predicted octanol–water partition coefficient (Wildman–Crippen LogP) is 16.4. The van der Waals surface area contributed by atoms with Crippen molar-refractivity contribution in [3.8, 4) is 11.1 Å². The van der Waals surface area contributed by atoms with Gasteiger partial charge in [0, 0.05) is 33.7 Å². The van der Waals surface area contributed by atoms with Gasteiger partial charge in [0.15, 0.2) is 5.88 Å². The maximum atomic E-state index is 7.75. The third-order valence-electron chi connectivity index (χ3n) is 19.4. The maximum absolute atomic E-state index is 7.75. The second-order valence-electron chi connectivity index (χ2n) is 27.1. The third-order valence-corrected chi connectivity index (χ3v) is 19.4. The Morgan fingerprint density at radius 3 is 1.67 bits per heavy atom. The summed E-state index contributed by atoms with van der Waals surface area (Å²) in [6.45, 7) is 37.0. The van der Waals surface area contributed by atoms with Crippen molar-refractivity contribution in [2.24, 2.45) is 0 Å². The number of benzene rings is 5. The molecule has 4 heteroatoms. The van der Waals surface area contributed by atoms with E-state index in [1.807, 2.05) is 0 Å². The highest BCUT2D eigenvalue weighted by Gasteiger charge is 2.53. The van der Waals surface area contributed by atoms with Gasteiger partial charge < -0.3 is 9.32 Å². The van der Waals surface area contributed by atoms with E-state index in [-0.39, 0.29) is 39.2 Å². The number of anilines is 6. The van der Waals surface area contributed by atoms with E-state index in [1.165, 1.54) is 139 Å². The Hall–Kier alpha value is -4.96. The molecule has 0 N–H and O–H groups in total. The van der Waals surface area contributed by atoms with Crippen LogP contribution in [0.4, 0.5) is 34.3 Å². The van der Waals surface area contributed by atoms with Crippen LogP contribution in [0.2, 0.25) is 0 Å². The van der Waals surface area contributed by atoms with Gasteiger partial charge >= 0.3 is 0 Å². The van der Waals surface area contributed by atoms with Crippen LogP contribution in [-0.4, -0.2) is 6.71 Å². The standard InChI is InChI=1S/C65H77BN2O/c1-38-31-53-56-54(32-38)68(51-37-49-48(62(8,9)27-28-63(49,10)11)34-45(51)41-19-17-16-18-20-41)52-36-44-40(3)22-21-39(2)43(44)35-50(52)66(56)57-55-58(65(14,15)30-29-64(55,12)13)69-59(57)67(53)42-23-24-46-47(33-42)61(6,7)26-25-60(46,4)5/h16-20,23-24,31-37,39-40H,21-22,25-30H2,1-15H3. The van der Waals surface area contributed by atoms with Gasteiger partial charge in [0.1, 0.15) is 5.76 Å². The molecular formula is C65H77BN2O. The molecule has 0 bridgehead atoms. The van der Waals surface area contributed by atoms with Gasteiger partial charge in [0.2, 0.25) is 0 Å². The molecule has 0 fully saturated rings. The van der Waals surface area contributed by atoms with E-state index in [0.29, 0.717) is 11.8 Å². The molecule has 0 amide bonds. The first-order chi connectivity index (χ1) is 32.4. The van der Waals surface area contributed by atoms with E-state index in [2.05, 4.69) is 199 Å². The summed E-state index contributed by atoms with van der Waals surface area (Å²) in [5.41, 5.74) is 25.1. The molecule has 0 radical (unpaired) electrons. The Morgan fingerprint density at radius 1 is 0.493 bits per heavy atom. The summed E-state index contributed by atoms with van der Waals surface area (Å²) >= 11 is 0. The monoisotopic (exact) mass is 913 g/mol. The first-order valence-corrected chi connectivity index (χ1v) is 26.9. The molecule has 12 rings (SSSR count). The van der Waals surface area contributed by atoms with Crippen LogP contribution in [0, 0.1) is 6.92 Å². The zero-order chi connectivity index (χ0) is 48.7. The van der Waals surface area contributed by atoms with Crippen LogP contribution < -0.4 is 26.2 Å². The van der Waals surface area contributed by atoms with E-state index in [0.717, 1.165) is 18.7 Å². The Labute approximate surface area is 415 Å². The molecule has 0 spiro atoms. The highest BCUT2D eigenvalue weighted by Crippen LogP contribution is 2.57. The molecule has 2 aliphatic heterocycles. The highest BCUT2D eigenvalue weighted by atomic mass is 16.4. The highest BCUT2D eigenvalue weighted by molar-refractivity contribution is 7.00. The fraction of sp³-hybridized carbons (Fsp3) is 0.477. The van der Waals surface area contributed by atoms with Crippen LogP contribution in [0.25, 0.3) is 11.1 Å². The Kier molecular flexibility index (Phi) is 9.55. The van der Waals surface area contributed by atoms with Gasteiger partial charge in [0.25, 0.3) is 6.71 Å². The maximum Gasteiger partial charge on any atom is 0.256 e. The zero-order valence-corrected chi connectivity index (χ0v) is 44.8. The molecule has 2 unspecified atom stereocenters. The summed E-state index contributed by atoms with van der Waals surface area (Å²) in [6, 6.07) is 34.5. The number of rotatable bonds is 3. The molecule has 6 aromatic rings. The van der Waals surface area contributed by atoms with E-state index in [4.69, 9.17) is 4.42 Å². The predicted molar refractivity (Wildman–Crippen MR) is 295 cm³/mol. The molecule has 0 saturated carbocycles. The van der Waals surface area contributed by atoms with Crippen molar-refractivity contribution in [1.82, 2.24) is 0 Å². The van der Waals surface area contributed by atoms with Crippen LogP contribution in [0.1, 0.15) is 210 Å². The number of hydrogen-bond donors (Lipinski definition) is 0. The van der Waals surface area contributed by atoms with E-state index in [9.17, 15) is 0 Å². The molecule has 3 heterocycles. The van der Waals surface area contributed by atoms with Gasteiger partial charge in [-0.05, 0) is 206 Å². The lowest BCUT2D eigenvalue weighted by atomic mass is 9.32. The van der Waals surface area contributed by atoms with Crippen LogP contribution in [0.3, 0.4) is 0 Å². The molecule has 6 aliphatic rings. The molecule has 1 aromatic heterocycles. The summed E-state index contributed by atoms with van der Waals surface area (Å²) in [6.07, 6.45) is 9.39. The first-order valence-electron chi connectivity index (χ1n) is 26.9. The van der Waals surface area contributed by atoms with Gasteiger partial charge in [0.05, 0.1) is 5.69 Å². The van der Waals surface area contributed by atoms with Crippen molar-refractivity contribution >= 4 is 57.4 Å². The van der Waals surface area contributed by atoms with Crippen molar-refractivity contribution in [1.29, 1.82) is 0 Å². The lowest BCUT2D eigenvalue weighted by Crippen LogP contribution is -2.63. The minimum absolute atomic E-state index is 0.00434. The summed E-state index contributed by atoms with van der Waals surface area (Å²) in [5, 5.41) is 0. The van der Waals surface area contributed by atoms with Gasteiger partial charge in [-0.25, -0.2) is 0 Å². The summed E-state index contributed by atoms with van der Waals surface area (Å²) in [5.74, 6) is 3.21. The van der Waals surface area contributed by atoms with Gasteiger partial charge in [-0.3, -0.25) is 4.90 Å². The summed E-state index contributed by atoms with van der Waals surface area (Å²) < 4.78 is 7.75. The third kappa shape index (κ3) is 6.50. The van der Waals surface area contributed by atoms with Gasteiger partial charge in [-0.1, -0.05) is 139 Å². The van der Waals surface area contributed by atoms with Crippen molar-refractivity contribution in [2.45, 2.75) is 200 Å².